The summed E-state index contributed by atoms with van der Waals surface area (Å²) in [5, 5.41) is 2.79. The van der Waals surface area contributed by atoms with Crippen molar-refractivity contribution in [2.45, 2.75) is 40.7 Å². The van der Waals surface area contributed by atoms with Crippen LogP contribution in [0.2, 0.25) is 0 Å². The zero-order chi connectivity index (χ0) is 15.3. The monoisotopic (exact) mass is 277 g/mol. The Kier molecular flexibility index (Phi) is 5.74. The largest absolute Gasteiger partial charge is 0.452 e. The molecule has 0 aliphatic heterocycles. The molecule has 0 heterocycles. The lowest BCUT2D eigenvalue weighted by atomic mass is 10.1. The van der Waals surface area contributed by atoms with E-state index in [9.17, 15) is 9.59 Å². The lowest BCUT2D eigenvalue weighted by Gasteiger charge is -2.17. The smallest absolute Gasteiger partial charge is 0.338 e. The van der Waals surface area contributed by atoms with Gasteiger partial charge in [-0.15, -0.1) is 0 Å². The van der Waals surface area contributed by atoms with Gasteiger partial charge in [-0.25, -0.2) is 4.79 Å². The standard InChI is InChI=1S/C16H23NO3/c1-10(2)13(5)17-15(18)9-20-16(19)14-7-6-11(3)8-12(14)4/h6-8,10,13H,9H2,1-5H3,(H,17,18)/t13-/m1/s1. The minimum atomic E-state index is -0.463. The summed E-state index contributed by atoms with van der Waals surface area (Å²) in [6.07, 6.45) is 0. The van der Waals surface area contributed by atoms with Crippen LogP contribution in [0.25, 0.3) is 0 Å². The van der Waals surface area contributed by atoms with Crippen LogP contribution in [0.5, 0.6) is 0 Å². The Morgan fingerprint density at radius 2 is 1.85 bits per heavy atom. The summed E-state index contributed by atoms with van der Waals surface area (Å²) in [4.78, 5) is 23.5. The van der Waals surface area contributed by atoms with Gasteiger partial charge in [0.2, 0.25) is 0 Å². The van der Waals surface area contributed by atoms with Crippen LogP contribution in [0.15, 0.2) is 18.2 Å². The molecule has 20 heavy (non-hydrogen) atoms. The minimum Gasteiger partial charge on any atom is -0.452 e. The predicted molar refractivity (Wildman–Crippen MR) is 78.6 cm³/mol. The highest BCUT2D eigenvalue weighted by atomic mass is 16.5. The summed E-state index contributed by atoms with van der Waals surface area (Å²) in [5.41, 5.74) is 2.44. The molecule has 4 nitrogen and oxygen atoms in total. The number of carbonyl (C=O) groups excluding carboxylic acids is 2. The van der Waals surface area contributed by atoms with Crippen LogP contribution in [-0.2, 0) is 9.53 Å². The van der Waals surface area contributed by atoms with Crippen LogP contribution < -0.4 is 5.32 Å². The van der Waals surface area contributed by atoms with Crippen LogP contribution in [-0.4, -0.2) is 24.5 Å². The Bertz CT molecular complexity index is 494. The first kappa shape index (κ1) is 16.2. The maximum atomic E-state index is 11.9. The molecule has 0 aliphatic carbocycles. The molecule has 0 aromatic heterocycles. The zero-order valence-electron chi connectivity index (χ0n) is 12.8. The fourth-order valence-electron chi connectivity index (χ4n) is 1.71. The molecule has 0 bridgehead atoms. The number of aryl methyl sites for hydroxylation is 2. The Morgan fingerprint density at radius 1 is 1.20 bits per heavy atom. The molecule has 110 valence electrons. The molecular weight excluding hydrogens is 254 g/mol. The molecule has 4 heteroatoms. The quantitative estimate of drug-likeness (QED) is 0.842. The third-order valence-electron chi connectivity index (χ3n) is 3.32. The zero-order valence-corrected chi connectivity index (χ0v) is 12.8. The van der Waals surface area contributed by atoms with Crippen molar-refractivity contribution in [3.05, 3.63) is 34.9 Å². The van der Waals surface area contributed by atoms with Gasteiger partial charge in [-0.2, -0.15) is 0 Å². The maximum absolute atomic E-state index is 11.9. The lowest BCUT2D eigenvalue weighted by molar-refractivity contribution is -0.125. The second-order valence-corrected chi connectivity index (χ2v) is 5.49. The molecule has 0 aliphatic rings. The van der Waals surface area contributed by atoms with Crippen LogP contribution in [0.3, 0.4) is 0 Å². The first-order valence-electron chi connectivity index (χ1n) is 6.85. The SMILES string of the molecule is Cc1ccc(C(=O)OCC(=O)N[C@H](C)C(C)C)c(C)c1. The van der Waals surface area contributed by atoms with E-state index in [1.165, 1.54) is 0 Å². The van der Waals surface area contributed by atoms with Crippen molar-refractivity contribution in [3.8, 4) is 0 Å². The van der Waals surface area contributed by atoms with E-state index in [0.29, 0.717) is 11.5 Å². The van der Waals surface area contributed by atoms with Crippen molar-refractivity contribution in [3.63, 3.8) is 0 Å². The van der Waals surface area contributed by atoms with Gasteiger partial charge in [0.25, 0.3) is 5.91 Å². The summed E-state index contributed by atoms with van der Waals surface area (Å²) in [5.74, 6) is -0.395. The van der Waals surface area contributed by atoms with Gasteiger partial charge in [-0.1, -0.05) is 31.5 Å². The van der Waals surface area contributed by atoms with Crippen molar-refractivity contribution >= 4 is 11.9 Å². The van der Waals surface area contributed by atoms with Crippen LogP contribution in [0.4, 0.5) is 0 Å². The number of esters is 1. The molecule has 0 radical (unpaired) electrons. The topological polar surface area (TPSA) is 55.4 Å². The number of carbonyl (C=O) groups is 2. The second-order valence-electron chi connectivity index (χ2n) is 5.49. The molecule has 1 rings (SSSR count). The highest BCUT2D eigenvalue weighted by molar-refractivity contribution is 5.92. The fraction of sp³-hybridized carbons (Fsp3) is 0.500. The molecule has 0 fully saturated rings. The second kappa shape index (κ2) is 7.08. The molecule has 1 aromatic carbocycles. The van der Waals surface area contributed by atoms with Gasteiger partial charge in [0.15, 0.2) is 6.61 Å². The maximum Gasteiger partial charge on any atom is 0.338 e. The molecule has 1 atom stereocenters. The van der Waals surface area contributed by atoms with E-state index >= 15 is 0 Å². The molecule has 0 spiro atoms. The van der Waals surface area contributed by atoms with Crippen LogP contribution in [0.1, 0.15) is 42.3 Å². The Hall–Kier alpha value is -1.84. The molecule has 0 saturated carbocycles. The summed E-state index contributed by atoms with van der Waals surface area (Å²) >= 11 is 0. The van der Waals surface area contributed by atoms with Gasteiger partial charge in [0, 0.05) is 6.04 Å². The highest BCUT2D eigenvalue weighted by Gasteiger charge is 2.15. The van der Waals surface area contributed by atoms with Gasteiger partial charge in [0.1, 0.15) is 0 Å². The van der Waals surface area contributed by atoms with Gasteiger partial charge in [-0.3, -0.25) is 4.79 Å². The average Bonchev–Trinajstić information content (AvgIpc) is 2.35. The Morgan fingerprint density at radius 3 is 2.40 bits per heavy atom. The Labute approximate surface area is 120 Å². The van der Waals surface area contributed by atoms with Crippen molar-refractivity contribution in [2.24, 2.45) is 5.92 Å². The number of hydrogen-bond acceptors (Lipinski definition) is 3. The first-order valence-corrected chi connectivity index (χ1v) is 6.85. The molecule has 1 N–H and O–H groups in total. The third-order valence-corrected chi connectivity index (χ3v) is 3.32. The van der Waals surface area contributed by atoms with E-state index in [0.717, 1.165) is 11.1 Å². The molecule has 0 unspecified atom stereocenters. The summed E-state index contributed by atoms with van der Waals surface area (Å²) < 4.78 is 5.04. The summed E-state index contributed by atoms with van der Waals surface area (Å²) in [6, 6.07) is 5.55. The first-order chi connectivity index (χ1) is 9.31. The number of nitrogens with one attached hydrogen (secondary N) is 1. The summed E-state index contributed by atoms with van der Waals surface area (Å²) in [7, 11) is 0. The number of hydrogen-bond donors (Lipinski definition) is 1. The van der Waals surface area contributed by atoms with Gasteiger partial charge in [0.05, 0.1) is 5.56 Å². The van der Waals surface area contributed by atoms with Gasteiger partial charge >= 0.3 is 5.97 Å². The van der Waals surface area contributed by atoms with Gasteiger partial charge < -0.3 is 10.1 Å². The highest BCUT2D eigenvalue weighted by Crippen LogP contribution is 2.11. The normalized spacial score (nSPS) is 12.1. The van der Waals surface area contributed by atoms with Crippen molar-refractivity contribution < 1.29 is 14.3 Å². The molecular formula is C16H23NO3. The van der Waals surface area contributed by atoms with Crippen molar-refractivity contribution in [1.29, 1.82) is 0 Å². The predicted octanol–water partition coefficient (Wildman–Crippen LogP) is 2.62. The molecule has 1 aromatic rings. The Balaban J connectivity index is 2.53. The summed E-state index contributed by atoms with van der Waals surface area (Å²) in [6.45, 7) is 9.53. The van der Waals surface area contributed by atoms with E-state index in [2.05, 4.69) is 5.32 Å². The number of benzene rings is 1. The van der Waals surface area contributed by atoms with E-state index < -0.39 is 5.97 Å². The lowest BCUT2D eigenvalue weighted by Crippen LogP contribution is -2.38. The molecule has 1 amide bonds. The molecule has 0 saturated heterocycles. The van der Waals surface area contributed by atoms with Crippen molar-refractivity contribution in [1.82, 2.24) is 5.32 Å². The number of ether oxygens (including phenoxy) is 1. The van der Waals surface area contributed by atoms with E-state index in [1.807, 2.05) is 46.8 Å². The third kappa shape index (κ3) is 4.68. The van der Waals surface area contributed by atoms with E-state index in [4.69, 9.17) is 4.74 Å². The van der Waals surface area contributed by atoms with E-state index in [1.54, 1.807) is 6.07 Å². The minimum absolute atomic E-state index is 0.0577. The van der Waals surface area contributed by atoms with Crippen molar-refractivity contribution in [2.75, 3.05) is 6.61 Å². The number of amides is 1. The van der Waals surface area contributed by atoms with E-state index in [-0.39, 0.29) is 18.6 Å². The number of rotatable bonds is 5. The van der Waals surface area contributed by atoms with Crippen LogP contribution in [0, 0.1) is 19.8 Å². The van der Waals surface area contributed by atoms with Gasteiger partial charge in [-0.05, 0) is 38.3 Å². The average molecular weight is 277 g/mol. The fourth-order valence-corrected chi connectivity index (χ4v) is 1.71. The van der Waals surface area contributed by atoms with Crippen LogP contribution >= 0.6 is 0 Å².